The molecule has 124 valence electrons. The lowest BCUT2D eigenvalue weighted by atomic mass is 10.0. The maximum atomic E-state index is 12.9. The highest BCUT2D eigenvalue weighted by Crippen LogP contribution is 2.17. The SMILES string of the molecule is O=C(C=Cc1ccccn1)N1CCC(Nc2ccc(F)cc2)CC1. The zero-order valence-electron chi connectivity index (χ0n) is 13.4. The van der Waals surface area contributed by atoms with Gasteiger partial charge in [-0.3, -0.25) is 9.78 Å². The summed E-state index contributed by atoms with van der Waals surface area (Å²) in [4.78, 5) is 18.2. The Balaban J connectivity index is 1.48. The Hall–Kier alpha value is -2.69. The molecule has 1 aromatic heterocycles. The fourth-order valence-electron chi connectivity index (χ4n) is 2.76. The molecule has 3 rings (SSSR count). The minimum absolute atomic E-state index is 0.0147. The van der Waals surface area contributed by atoms with E-state index in [-0.39, 0.29) is 11.7 Å². The molecule has 1 fully saturated rings. The van der Waals surface area contributed by atoms with E-state index in [1.54, 1.807) is 30.5 Å². The number of aromatic nitrogens is 1. The molecule has 1 aliphatic rings. The first-order chi connectivity index (χ1) is 11.7. The number of nitrogens with zero attached hydrogens (tertiary/aromatic N) is 2. The molecule has 0 aliphatic carbocycles. The number of likely N-dealkylation sites (tertiary alicyclic amines) is 1. The first-order valence-corrected chi connectivity index (χ1v) is 8.11. The van der Waals surface area contributed by atoms with Crippen molar-refractivity contribution >= 4 is 17.7 Å². The second-order valence-corrected chi connectivity index (χ2v) is 5.84. The summed E-state index contributed by atoms with van der Waals surface area (Å²) in [6, 6.07) is 12.3. The number of carbonyl (C=O) groups is 1. The Morgan fingerprint density at radius 3 is 2.58 bits per heavy atom. The summed E-state index contributed by atoms with van der Waals surface area (Å²) in [5.41, 5.74) is 1.69. The van der Waals surface area contributed by atoms with Crippen LogP contribution in [0.5, 0.6) is 0 Å². The average Bonchev–Trinajstić information content (AvgIpc) is 2.63. The second-order valence-electron chi connectivity index (χ2n) is 5.84. The van der Waals surface area contributed by atoms with Crippen molar-refractivity contribution in [1.82, 2.24) is 9.88 Å². The van der Waals surface area contributed by atoms with Crippen LogP contribution in [0.1, 0.15) is 18.5 Å². The van der Waals surface area contributed by atoms with E-state index in [0.717, 1.165) is 24.2 Å². The molecule has 0 radical (unpaired) electrons. The minimum atomic E-state index is -0.236. The van der Waals surface area contributed by atoms with Crippen molar-refractivity contribution in [3.63, 3.8) is 0 Å². The highest BCUT2D eigenvalue weighted by atomic mass is 19.1. The van der Waals surface area contributed by atoms with Gasteiger partial charge in [-0.15, -0.1) is 0 Å². The van der Waals surface area contributed by atoms with Crippen LogP contribution < -0.4 is 5.32 Å². The molecule has 0 bridgehead atoms. The van der Waals surface area contributed by atoms with Crippen molar-refractivity contribution in [2.24, 2.45) is 0 Å². The summed E-state index contributed by atoms with van der Waals surface area (Å²) in [5, 5.41) is 3.39. The topological polar surface area (TPSA) is 45.2 Å². The fraction of sp³-hybridized carbons (Fsp3) is 0.263. The van der Waals surface area contributed by atoms with E-state index in [1.807, 2.05) is 23.1 Å². The molecule has 24 heavy (non-hydrogen) atoms. The van der Waals surface area contributed by atoms with Crippen molar-refractivity contribution in [3.05, 3.63) is 66.2 Å². The van der Waals surface area contributed by atoms with Gasteiger partial charge < -0.3 is 10.2 Å². The standard InChI is InChI=1S/C19H20FN3O/c20-15-4-6-17(7-5-15)22-18-10-13-23(14-11-18)19(24)9-8-16-3-1-2-12-21-16/h1-9,12,18,22H,10-11,13-14H2. The van der Waals surface area contributed by atoms with Crippen LogP contribution in [-0.2, 0) is 4.79 Å². The number of rotatable bonds is 4. The van der Waals surface area contributed by atoms with Gasteiger partial charge in [0.15, 0.2) is 0 Å². The molecule has 0 atom stereocenters. The maximum Gasteiger partial charge on any atom is 0.246 e. The number of hydrogen-bond acceptors (Lipinski definition) is 3. The zero-order chi connectivity index (χ0) is 16.8. The Morgan fingerprint density at radius 1 is 1.17 bits per heavy atom. The molecule has 0 saturated carbocycles. The summed E-state index contributed by atoms with van der Waals surface area (Å²) in [7, 11) is 0. The van der Waals surface area contributed by atoms with Crippen LogP contribution in [0.15, 0.2) is 54.7 Å². The van der Waals surface area contributed by atoms with Crippen molar-refractivity contribution in [1.29, 1.82) is 0 Å². The molecule has 0 spiro atoms. The summed E-state index contributed by atoms with van der Waals surface area (Å²) in [6.07, 6.45) is 6.78. The van der Waals surface area contributed by atoms with Crippen LogP contribution in [0.4, 0.5) is 10.1 Å². The van der Waals surface area contributed by atoms with Crippen molar-refractivity contribution in [2.45, 2.75) is 18.9 Å². The largest absolute Gasteiger partial charge is 0.382 e. The number of pyridine rings is 1. The molecule has 1 aromatic carbocycles. The highest BCUT2D eigenvalue weighted by Gasteiger charge is 2.21. The molecular weight excluding hydrogens is 305 g/mol. The van der Waals surface area contributed by atoms with Crippen LogP contribution >= 0.6 is 0 Å². The molecular formula is C19H20FN3O. The Morgan fingerprint density at radius 2 is 1.92 bits per heavy atom. The third-order valence-corrected chi connectivity index (χ3v) is 4.11. The van der Waals surface area contributed by atoms with Gasteiger partial charge in [-0.25, -0.2) is 4.39 Å². The number of hydrogen-bond donors (Lipinski definition) is 1. The number of anilines is 1. The van der Waals surface area contributed by atoms with Gasteiger partial charge in [0.1, 0.15) is 5.82 Å². The highest BCUT2D eigenvalue weighted by molar-refractivity contribution is 5.91. The van der Waals surface area contributed by atoms with E-state index in [4.69, 9.17) is 0 Å². The van der Waals surface area contributed by atoms with Crippen LogP contribution in [0.3, 0.4) is 0 Å². The van der Waals surface area contributed by atoms with Gasteiger partial charge in [-0.05, 0) is 55.3 Å². The van der Waals surface area contributed by atoms with E-state index in [1.165, 1.54) is 12.1 Å². The van der Waals surface area contributed by atoms with Crippen molar-refractivity contribution in [3.8, 4) is 0 Å². The van der Waals surface area contributed by atoms with Crippen molar-refractivity contribution < 1.29 is 9.18 Å². The van der Waals surface area contributed by atoms with Crippen LogP contribution in [0.2, 0.25) is 0 Å². The number of amides is 1. The minimum Gasteiger partial charge on any atom is -0.382 e. The predicted octanol–water partition coefficient (Wildman–Crippen LogP) is 3.34. The predicted molar refractivity (Wildman–Crippen MR) is 92.9 cm³/mol. The summed E-state index contributed by atoms with van der Waals surface area (Å²) < 4.78 is 12.9. The Labute approximate surface area is 141 Å². The second kappa shape index (κ2) is 7.73. The van der Waals surface area contributed by atoms with Crippen LogP contribution in [0, 0.1) is 5.82 Å². The molecule has 0 unspecified atom stereocenters. The van der Waals surface area contributed by atoms with Gasteiger partial charge in [-0.2, -0.15) is 0 Å². The van der Waals surface area contributed by atoms with Crippen LogP contribution in [0.25, 0.3) is 6.08 Å². The third-order valence-electron chi connectivity index (χ3n) is 4.11. The third kappa shape index (κ3) is 4.41. The Bertz CT molecular complexity index is 692. The monoisotopic (exact) mass is 325 g/mol. The molecule has 1 amide bonds. The van der Waals surface area contributed by atoms with E-state index in [2.05, 4.69) is 10.3 Å². The van der Waals surface area contributed by atoms with Gasteiger partial charge in [0.05, 0.1) is 5.69 Å². The lowest BCUT2D eigenvalue weighted by Gasteiger charge is -2.32. The van der Waals surface area contributed by atoms with Gasteiger partial charge in [0, 0.05) is 37.1 Å². The van der Waals surface area contributed by atoms with E-state index >= 15 is 0 Å². The smallest absolute Gasteiger partial charge is 0.246 e. The zero-order valence-corrected chi connectivity index (χ0v) is 13.4. The first-order valence-electron chi connectivity index (χ1n) is 8.11. The Kier molecular flexibility index (Phi) is 5.21. The summed E-state index contributed by atoms with van der Waals surface area (Å²) in [5.74, 6) is -0.221. The number of benzene rings is 1. The van der Waals surface area contributed by atoms with Crippen molar-refractivity contribution in [2.75, 3.05) is 18.4 Å². The number of carbonyl (C=O) groups excluding carboxylic acids is 1. The molecule has 1 saturated heterocycles. The van der Waals surface area contributed by atoms with Crippen LogP contribution in [-0.4, -0.2) is 34.9 Å². The fourth-order valence-corrected chi connectivity index (χ4v) is 2.76. The molecule has 2 aromatic rings. The van der Waals surface area contributed by atoms with Gasteiger partial charge in [-0.1, -0.05) is 6.07 Å². The number of piperidine rings is 1. The van der Waals surface area contributed by atoms with Gasteiger partial charge in [0.2, 0.25) is 5.91 Å². The lowest BCUT2D eigenvalue weighted by molar-refractivity contribution is -0.126. The van der Waals surface area contributed by atoms with E-state index in [9.17, 15) is 9.18 Å². The lowest BCUT2D eigenvalue weighted by Crippen LogP contribution is -2.41. The summed E-state index contributed by atoms with van der Waals surface area (Å²) >= 11 is 0. The first kappa shape index (κ1) is 16.2. The summed E-state index contributed by atoms with van der Waals surface area (Å²) in [6.45, 7) is 1.43. The molecule has 2 heterocycles. The number of nitrogens with one attached hydrogen (secondary N) is 1. The van der Waals surface area contributed by atoms with E-state index < -0.39 is 0 Å². The molecule has 4 nitrogen and oxygen atoms in total. The van der Waals surface area contributed by atoms with E-state index in [0.29, 0.717) is 19.1 Å². The maximum absolute atomic E-state index is 12.9. The normalized spacial score (nSPS) is 15.6. The average molecular weight is 325 g/mol. The quantitative estimate of drug-likeness (QED) is 0.877. The van der Waals surface area contributed by atoms with Gasteiger partial charge >= 0.3 is 0 Å². The van der Waals surface area contributed by atoms with Gasteiger partial charge in [0.25, 0.3) is 0 Å². The molecule has 1 aliphatic heterocycles. The molecule has 5 heteroatoms. The number of halogens is 1. The molecule has 1 N–H and O–H groups in total.